The predicted molar refractivity (Wildman–Crippen MR) is 102 cm³/mol. The summed E-state index contributed by atoms with van der Waals surface area (Å²) in [6, 6.07) is 7.49. The molecule has 1 aromatic heterocycles. The first-order valence-electron chi connectivity index (χ1n) is 8.39. The summed E-state index contributed by atoms with van der Waals surface area (Å²) in [6.45, 7) is 1.90. The molecule has 0 bridgehead atoms. The Kier molecular flexibility index (Phi) is 5.55. The van der Waals surface area contributed by atoms with Crippen LogP contribution in [-0.4, -0.2) is 48.4 Å². The van der Waals surface area contributed by atoms with Gasteiger partial charge < -0.3 is 24.7 Å². The van der Waals surface area contributed by atoms with Crippen molar-refractivity contribution in [1.82, 2.24) is 15.2 Å². The highest BCUT2D eigenvalue weighted by Gasteiger charge is 2.21. The van der Waals surface area contributed by atoms with E-state index < -0.39 is 0 Å². The molecule has 2 aromatic rings. The third-order valence-corrected chi connectivity index (χ3v) is 4.90. The third kappa shape index (κ3) is 4.11. The molecule has 2 N–H and O–H groups in total. The Morgan fingerprint density at radius 2 is 2.32 bits per heavy atom. The number of nitrogens with one attached hydrogen (secondary N) is 2. The van der Waals surface area contributed by atoms with Gasteiger partial charge in [-0.3, -0.25) is 4.79 Å². The summed E-state index contributed by atoms with van der Waals surface area (Å²) in [5, 5.41) is 4.55. The summed E-state index contributed by atoms with van der Waals surface area (Å²) in [6.07, 6.45) is 2.25. The van der Waals surface area contributed by atoms with Crippen molar-refractivity contribution >= 4 is 28.2 Å². The Balaban J connectivity index is 1.88. The van der Waals surface area contributed by atoms with Crippen molar-refractivity contribution in [3.05, 3.63) is 40.2 Å². The molecule has 3 rings (SSSR count). The maximum Gasteiger partial charge on any atom is 0.253 e. The van der Waals surface area contributed by atoms with Crippen molar-refractivity contribution in [1.29, 1.82) is 0 Å². The number of rotatable bonds is 5. The fourth-order valence-electron chi connectivity index (χ4n) is 3.09. The number of benzene rings is 1. The molecule has 0 saturated carbocycles. The first kappa shape index (κ1) is 17.7. The van der Waals surface area contributed by atoms with E-state index in [1.807, 2.05) is 29.2 Å². The average molecular weight is 361 g/mol. The van der Waals surface area contributed by atoms with Gasteiger partial charge in [0.15, 0.2) is 5.11 Å². The van der Waals surface area contributed by atoms with Gasteiger partial charge in [-0.25, -0.2) is 0 Å². The van der Waals surface area contributed by atoms with Crippen molar-refractivity contribution < 1.29 is 9.47 Å². The van der Waals surface area contributed by atoms with Gasteiger partial charge in [0.05, 0.1) is 19.8 Å². The number of thiocarbonyl (C=S) groups is 1. The molecule has 25 heavy (non-hydrogen) atoms. The number of H-pyrrole nitrogens is 1. The number of aromatic nitrogens is 1. The van der Waals surface area contributed by atoms with Crippen LogP contribution in [0.5, 0.6) is 5.75 Å². The van der Waals surface area contributed by atoms with Gasteiger partial charge in [0.2, 0.25) is 0 Å². The number of hydrogen-bond donors (Lipinski definition) is 2. The summed E-state index contributed by atoms with van der Waals surface area (Å²) in [7, 11) is 3.42. The highest BCUT2D eigenvalue weighted by molar-refractivity contribution is 7.80. The minimum atomic E-state index is -0.103. The highest BCUT2D eigenvalue weighted by Crippen LogP contribution is 2.20. The van der Waals surface area contributed by atoms with Crippen molar-refractivity contribution in [2.75, 3.05) is 27.3 Å². The van der Waals surface area contributed by atoms with Crippen molar-refractivity contribution in [2.24, 2.45) is 0 Å². The van der Waals surface area contributed by atoms with Crippen LogP contribution < -0.4 is 15.6 Å². The molecule has 0 unspecified atom stereocenters. The van der Waals surface area contributed by atoms with Crippen LogP contribution in [0.25, 0.3) is 10.9 Å². The van der Waals surface area contributed by atoms with Crippen LogP contribution in [0, 0.1) is 0 Å². The van der Waals surface area contributed by atoms with Crippen LogP contribution in [0.15, 0.2) is 29.1 Å². The van der Waals surface area contributed by atoms with Crippen molar-refractivity contribution in [2.45, 2.75) is 25.5 Å². The molecule has 0 aliphatic carbocycles. The molecule has 6 nitrogen and oxygen atoms in total. The van der Waals surface area contributed by atoms with E-state index in [9.17, 15) is 4.79 Å². The normalized spacial score (nSPS) is 16.8. The molecule has 134 valence electrons. The van der Waals surface area contributed by atoms with E-state index in [-0.39, 0.29) is 11.7 Å². The monoisotopic (exact) mass is 361 g/mol. The fourth-order valence-corrected chi connectivity index (χ4v) is 3.23. The molecule has 0 radical (unpaired) electrons. The van der Waals surface area contributed by atoms with Gasteiger partial charge >= 0.3 is 0 Å². The number of nitrogens with zero attached hydrogens (tertiary/aromatic N) is 1. The summed E-state index contributed by atoms with van der Waals surface area (Å²) in [5.74, 6) is 0.757. The van der Waals surface area contributed by atoms with E-state index in [0.29, 0.717) is 23.8 Å². The van der Waals surface area contributed by atoms with Crippen molar-refractivity contribution in [3.63, 3.8) is 0 Å². The number of aromatic amines is 1. The fraction of sp³-hybridized carbons (Fsp3) is 0.444. The Bertz CT molecular complexity index is 815. The lowest BCUT2D eigenvalue weighted by molar-refractivity contribution is 0.0898. The predicted octanol–water partition coefficient (Wildman–Crippen LogP) is 2.02. The molecule has 2 heterocycles. The lowest BCUT2D eigenvalue weighted by Gasteiger charge is -2.27. The van der Waals surface area contributed by atoms with Crippen LogP contribution in [0.3, 0.4) is 0 Å². The van der Waals surface area contributed by atoms with E-state index in [1.54, 1.807) is 14.2 Å². The molecular weight excluding hydrogens is 338 g/mol. The lowest BCUT2D eigenvalue weighted by Crippen LogP contribution is -2.42. The molecule has 1 atom stereocenters. The second-order valence-corrected chi connectivity index (χ2v) is 6.53. The Hall–Kier alpha value is -2.12. The molecule has 0 amide bonds. The summed E-state index contributed by atoms with van der Waals surface area (Å²) < 4.78 is 11.0. The standard InChI is InChI=1S/C18H23N3O3S/c1-19-18(25)21(11-15-4-3-7-24-15)10-13-8-12-9-14(23-2)5-6-16(12)20-17(13)22/h5-6,8-9,15H,3-4,7,10-11H2,1-2H3,(H,19,25)(H,20,22)/t15-/m0/s1. The minimum Gasteiger partial charge on any atom is -0.497 e. The molecule has 1 aromatic carbocycles. The summed E-state index contributed by atoms with van der Waals surface area (Å²) >= 11 is 5.42. The Morgan fingerprint density at radius 3 is 3.00 bits per heavy atom. The molecule has 1 fully saturated rings. The van der Waals surface area contributed by atoms with E-state index in [2.05, 4.69) is 10.3 Å². The van der Waals surface area contributed by atoms with Gasteiger partial charge in [-0.2, -0.15) is 0 Å². The minimum absolute atomic E-state index is 0.103. The van der Waals surface area contributed by atoms with Gasteiger partial charge in [0.25, 0.3) is 5.56 Å². The number of ether oxygens (including phenoxy) is 2. The van der Waals surface area contributed by atoms with Crippen LogP contribution in [-0.2, 0) is 11.3 Å². The second-order valence-electron chi connectivity index (χ2n) is 6.15. The zero-order valence-corrected chi connectivity index (χ0v) is 15.3. The van der Waals surface area contributed by atoms with E-state index in [4.69, 9.17) is 21.7 Å². The number of methoxy groups -OCH3 is 1. The van der Waals surface area contributed by atoms with E-state index >= 15 is 0 Å². The Labute approximate surface area is 152 Å². The van der Waals surface area contributed by atoms with Gasteiger partial charge in [-0.1, -0.05) is 0 Å². The molecule has 7 heteroatoms. The zero-order chi connectivity index (χ0) is 17.8. The van der Waals surface area contributed by atoms with Crippen LogP contribution in [0.4, 0.5) is 0 Å². The largest absolute Gasteiger partial charge is 0.497 e. The third-order valence-electron chi connectivity index (χ3n) is 4.44. The SMILES string of the molecule is CNC(=S)N(Cc1cc2cc(OC)ccc2[nH]c1=O)C[C@@H]1CCCO1. The summed E-state index contributed by atoms with van der Waals surface area (Å²) in [4.78, 5) is 17.4. The molecule has 1 saturated heterocycles. The number of pyridine rings is 1. The maximum atomic E-state index is 12.5. The van der Waals surface area contributed by atoms with Gasteiger partial charge in [-0.15, -0.1) is 0 Å². The topological polar surface area (TPSA) is 66.6 Å². The molecule has 0 spiro atoms. The van der Waals surface area contributed by atoms with Crippen LogP contribution in [0.2, 0.25) is 0 Å². The van der Waals surface area contributed by atoms with Gasteiger partial charge in [0.1, 0.15) is 5.75 Å². The first-order chi connectivity index (χ1) is 12.1. The van der Waals surface area contributed by atoms with Crippen LogP contribution in [0.1, 0.15) is 18.4 Å². The maximum absolute atomic E-state index is 12.5. The first-order valence-corrected chi connectivity index (χ1v) is 8.79. The number of fused-ring (bicyclic) bond motifs is 1. The quantitative estimate of drug-likeness (QED) is 0.795. The molecular formula is C18H23N3O3S. The van der Waals surface area contributed by atoms with Gasteiger partial charge in [-0.05, 0) is 49.3 Å². The summed E-state index contributed by atoms with van der Waals surface area (Å²) in [5.41, 5.74) is 1.35. The molecule has 1 aliphatic heterocycles. The molecule has 1 aliphatic rings. The smallest absolute Gasteiger partial charge is 0.253 e. The lowest BCUT2D eigenvalue weighted by atomic mass is 10.1. The number of hydrogen-bond acceptors (Lipinski definition) is 4. The van der Waals surface area contributed by atoms with E-state index in [0.717, 1.165) is 36.1 Å². The van der Waals surface area contributed by atoms with Crippen LogP contribution >= 0.6 is 12.2 Å². The highest BCUT2D eigenvalue weighted by atomic mass is 32.1. The average Bonchev–Trinajstić information content (AvgIpc) is 3.13. The van der Waals surface area contributed by atoms with Crippen molar-refractivity contribution in [3.8, 4) is 5.75 Å². The second kappa shape index (κ2) is 7.84. The van der Waals surface area contributed by atoms with Gasteiger partial charge in [0, 0.05) is 36.7 Å². The Morgan fingerprint density at radius 1 is 1.48 bits per heavy atom. The van der Waals surface area contributed by atoms with E-state index in [1.165, 1.54) is 0 Å². The zero-order valence-electron chi connectivity index (χ0n) is 14.5.